The number of methoxy groups -OCH3 is 1. The largest absolute Gasteiger partial charge is 0.494 e. The molecular weight excluding hydrogens is 247 g/mol. The molecule has 0 saturated carbocycles. The molecule has 1 aromatic carbocycles. The number of nitrogen functional groups attached to an aromatic ring is 1. The molecule has 5 nitrogen and oxygen atoms in total. The monoisotopic (exact) mass is 258 g/mol. The summed E-state index contributed by atoms with van der Waals surface area (Å²) in [5, 5.41) is 3.98. The molecule has 3 aromatic rings. The number of aromatic nitrogens is 3. The van der Waals surface area contributed by atoms with Gasteiger partial charge in [-0.05, 0) is 35.4 Å². The van der Waals surface area contributed by atoms with Gasteiger partial charge in [0.25, 0.3) is 0 Å². The number of halogens is 1. The van der Waals surface area contributed by atoms with Crippen molar-refractivity contribution in [1.29, 1.82) is 0 Å². The molecule has 0 aliphatic carbocycles. The van der Waals surface area contributed by atoms with Gasteiger partial charge in [-0.3, -0.25) is 0 Å². The lowest BCUT2D eigenvalue weighted by Gasteiger charge is -2.05. The maximum atomic E-state index is 13.7. The molecule has 0 aliphatic heterocycles. The Morgan fingerprint density at radius 3 is 2.74 bits per heavy atom. The van der Waals surface area contributed by atoms with Gasteiger partial charge < -0.3 is 10.5 Å². The normalized spacial score (nSPS) is 10.8. The average Bonchev–Trinajstić information content (AvgIpc) is 2.77. The Labute approximate surface area is 108 Å². The predicted molar refractivity (Wildman–Crippen MR) is 69.3 cm³/mol. The molecule has 96 valence electrons. The summed E-state index contributed by atoms with van der Waals surface area (Å²) < 4.78 is 20.1. The van der Waals surface area contributed by atoms with Gasteiger partial charge in [-0.15, -0.1) is 5.10 Å². The Kier molecular flexibility index (Phi) is 2.56. The molecule has 0 atom stereocenters. The predicted octanol–water partition coefficient (Wildman–Crippen LogP) is 2.13. The van der Waals surface area contributed by atoms with Gasteiger partial charge >= 0.3 is 0 Å². The number of anilines is 1. The highest BCUT2D eigenvalue weighted by molar-refractivity contribution is 5.68. The SMILES string of the molecule is COc1ccc(-c2ccn3nc(N)nc3c2)cc1F. The van der Waals surface area contributed by atoms with E-state index in [1.807, 2.05) is 6.07 Å². The first-order chi connectivity index (χ1) is 9.17. The molecule has 0 radical (unpaired) electrons. The smallest absolute Gasteiger partial charge is 0.240 e. The molecule has 0 unspecified atom stereocenters. The van der Waals surface area contributed by atoms with Gasteiger partial charge in [-0.1, -0.05) is 6.07 Å². The van der Waals surface area contributed by atoms with E-state index in [0.29, 0.717) is 5.65 Å². The number of rotatable bonds is 2. The first-order valence-electron chi connectivity index (χ1n) is 5.63. The minimum absolute atomic E-state index is 0.207. The second-order valence-corrected chi connectivity index (χ2v) is 4.04. The first-order valence-corrected chi connectivity index (χ1v) is 5.63. The second kappa shape index (κ2) is 4.24. The van der Waals surface area contributed by atoms with Gasteiger partial charge in [-0.25, -0.2) is 8.91 Å². The van der Waals surface area contributed by atoms with Crippen LogP contribution in [-0.2, 0) is 0 Å². The van der Waals surface area contributed by atoms with Gasteiger partial charge in [-0.2, -0.15) is 4.98 Å². The zero-order valence-electron chi connectivity index (χ0n) is 10.2. The van der Waals surface area contributed by atoms with E-state index < -0.39 is 5.82 Å². The van der Waals surface area contributed by atoms with E-state index in [-0.39, 0.29) is 11.7 Å². The number of nitrogens with two attached hydrogens (primary N) is 1. The van der Waals surface area contributed by atoms with Crippen molar-refractivity contribution in [2.45, 2.75) is 0 Å². The minimum Gasteiger partial charge on any atom is -0.494 e. The molecule has 19 heavy (non-hydrogen) atoms. The topological polar surface area (TPSA) is 65.4 Å². The summed E-state index contributed by atoms with van der Waals surface area (Å²) in [4.78, 5) is 4.07. The van der Waals surface area contributed by atoms with Crippen molar-refractivity contribution in [3.05, 3.63) is 42.3 Å². The van der Waals surface area contributed by atoms with E-state index in [2.05, 4.69) is 10.1 Å². The van der Waals surface area contributed by atoms with Crippen LogP contribution in [0.15, 0.2) is 36.5 Å². The van der Waals surface area contributed by atoms with E-state index >= 15 is 0 Å². The molecule has 0 amide bonds. The number of hydrogen-bond acceptors (Lipinski definition) is 4. The maximum Gasteiger partial charge on any atom is 0.240 e. The van der Waals surface area contributed by atoms with Crippen LogP contribution < -0.4 is 10.5 Å². The van der Waals surface area contributed by atoms with E-state index in [9.17, 15) is 4.39 Å². The highest BCUT2D eigenvalue weighted by Crippen LogP contribution is 2.26. The van der Waals surface area contributed by atoms with Crippen molar-refractivity contribution < 1.29 is 9.13 Å². The van der Waals surface area contributed by atoms with Crippen molar-refractivity contribution in [2.24, 2.45) is 0 Å². The van der Waals surface area contributed by atoms with Gasteiger partial charge in [0.2, 0.25) is 5.95 Å². The number of nitrogens with zero attached hydrogens (tertiary/aromatic N) is 3. The Bertz CT molecular complexity index is 753. The maximum absolute atomic E-state index is 13.7. The number of benzene rings is 1. The molecule has 0 fully saturated rings. The van der Waals surface area contributed by atoms with Crippen molar-refractivity contribution in [1.82, 2.24) is 14.6 Å². The summed E-state index contributed by atoms with van der Waals surface area (Å²) in [6.07, 6.45) is 1.73. The molecule has 0 bridgehead atoms. The Balaban J connectivity index is 2.10. The molecule has 2 heterocycles. The van der Waals surface area contributed by atoms with Gasteiger partial charge in [0.15, 0.2) is 17.2 Å². The van der Waals surface area contributed by atoms with Crippen molar-refractivity contribution in [3.8, 4) is 16.9 Å². The third kappa shape index (κ3) is 1.97. The average molecular weight is 258 g/mol. The summed E-state index contributed by atoms with van der Waals surface area (Å²) in [6.45, 7) is 0. The first kappa shape index (κ1) is 11.5. The molecule has 3 rings (SSSR count). The van der Waals surface area contributed by atoms with Crippen molar-refractivity contribution in [2.75, 3.05) is 12.8 Å². The standard InChI is InChI=1S/C13H11FN4O/c1-19-11-3-2-8(6-10(11)14)9-4-5-18-12(7-9)16-13(15)17-18/h2-7H,1H3,(H2,15,17). The van der Waals surface area contributed by atoms with E-state index in [0.717, 1.165) is 11.1 Å². The lowest BCUT2D eigenvalue weighted by molar-refractivity contribution is 0.386. The number of pyridine rings is 1. The van der Waals surface area contributed by atoms with E-state index in [1.165, 1.54) is 13.2 Å². The van der Waals surface area contributed by atoms with Crippen LogP contribution in [-0.4, -0.2) is 21.7 Å². The fraction of sp³-hybridized carbons (Fsp3) is 0.0769. The highest BCUT2D eigenvalue weighted by Gasteiger charge is 2.07. The van der Waals surface area contributed by atoms with Crippen LogP contribution in [0.25, 0.3) is 16.8 Å². The fourth-order valence-corrected chi connectivity index (χ4v) is 1.92. The van der Waals surface area contributed by atoms with Crippen molar-refractivity contribution >= 4 is 11.6 Å². The zero-order valence-corrected chi connectivity index (χ0v) is 10.2. The number of fused-ring (bicyclic) bond motifs is 1. The van der Waals surface area contributed by atoms with Crippen LogP contribution in [0, 0.1) is 5.82 Å². The molecule has 6 heteroatoms. The van der Waals surface area contributed by atoms with Crippen LogP contribution >= 0.6 is 0 Å². The number of hydrogen-bond donors (Lipinski definition) is 1. The van der Waals surface area contributed by atoms with Crippen LogP contribution in [0.1, 0.15) is 0 Å². The Hall–Kier alpha value is -2.63. The lowest BCUT2D eigenvalue weighted by Crippen LogP contribution is -1.91. The minimum atomic E-state index is -0.402. The summed E-state index contributed by atoms with van der Waals surface area (Å²) >= 11 is 0. The summed E-state index contributed by atoms with van der Waals surface area (Å²) in [6, 6.07) is 8.41. The zero-order chi connectivity index (χ0) is 13.4. The summed E-state index contributed by atoms with van der Waals surface area (Å²) in [5.74, 6) is 0.0236. The van der Waals surface area contributed by atoms with Crippen LogP contribution in [0.2, 0.25) is 0 Å². The van der Waals surface area contributed by atoms with E-state index in [1.54, 1.807) is 28.9 Å². The van der Waals surface area contributed by atoms with Gasteiger partial charge in [0.1, 0.15) is 0 Å². The van der Waals surface area contributed by atoms with Gasteiger partial charge in [0, 0.05) is 6.20 Å². The lowest BCUT2D eigenvalue weighted by atomic mass is 10.1. The van der Waals surface area contributed by atoms with Crippen LogP contribution in [0.4, 0.5) is 10.3 Å². The third-order valence-electron chi connectivity index (χ3n) is 2.84. The molecule has 2 N–H and O–H groups in total. The highest BCUT2D eigenvalue weighted by atomic mass is 19.1. The van der Waals surface area contributed by atoms with Gasteiger partial charge in [0.05, 0.1) is 7.11 Å². The molecular formula is C13H11FN4O. The Morgan fingerprint density at radius 2 is 2.00 bits per heavy atom. The van der Waals surface area contributed by atoms with Crippen LogP contribution in [0.3, 0.4) is 0 Å². The second-order valence-electron chi connectivity index (χ2n) is 4.04. The Morgan fingerprint density at radius 1 is 1.21 bits per heavy atom. The summed E-state index contributed by atoms with van der Waals surface area (Å²) in [7, 11) is 1.43. The fourth-order valence-electron chi connectivity index (χ4n) is 1.92. The van der Waals surface area contributed by atoms with E-state index in [4.69, 9.17) is 10.5 Å². The molecule has 2 aromatic heterocycles. The molecule has 0 spiro atoms. The van der Waals surface area contributed by atoms with Crippen LogP contribution in [0.5, 0.6) is 5.75 Å². The number of ether oxygens (including phenoxy) is 1. The third-order valence-corrected chi connectivity index (χ3v) is 2.84. The summed E-state index contributed by atoms with van der Waals surface area (Å²) in [5.41, 5.74) is 7.71. The van der Waals surface area contributed by atoms with Crippen molar-refractivity contribution in [3.63, 3.8) is 0 Å². The molecule has 0 saturated heterocycles. The molecule has 0 aliphatic rings. The quantitative estimate of drug-likeness (QED) is 0.764.